The summed E-state index contributed by atoms with van der Waals surface area (Å²) < 4.78 is 6.46. The summed E-state index contributed by atoms with van der Waals surface area (Å²) in [5.74, 6) is -0.448. The van der Waals surface area contributed by atoms with E-state index >= 15 is 0 Å². The smallest absolute Gasteiger partial charge is 0.361 e. The second-order valence-corrected chi connectivity index (χ2v) is 3.10. The summed E-state index contributed by atoms with van der Waals surface area (Å²) in [5, 5.41) is 3.91. The highest BCUT2D eigenvalue weighted by molar-refractivity contribution is 5.92. The van der Waals surface area contributed by atoms with E-state index < -0.39 is 5.97 Å². The number of unbranched alkanes of at least 4 members (excludes halogenated alkanes) is 1. The number of carbonyl (C=O) groups is 1. The average molecular weight is 197 g/mol. The van der Waals surface area contributed by atoms with Crippen LogP contribution >= 0.6 is 0 Å². The number of nitrogens with two attached hydrogens (primary N) is 1. The Kier molecular flexibility index (Phi) is 3.50. The van der Waals surface area contributed by atoms with E-state index in [0.29, 0.717) is 12.3 Å². The largest absolute Gasteiger partial charge is 0.461 e. The summed E-state index contributed by atoms with van der Waals surface area (Å²) in [4.78, 5) is 11.4. The Balaban J connectivity index is 2.56. The number of nitrogen functional groups attached to an aromatic ring is 1. The monoisotopic (exact) mass is 197 g/mol. The highest BCUT2D eigenvalue weighted by Crippen LogP contribution is 2.09. The first-order valence-corrected chi connectivity index (χ1v) is 4.61. The zero-order valence-corrected chi connectivity index (χ0v) is 8.49. The Morgan fingerprint density at radius 3 is 2.93 bits per heavy atom. The number of rotatable bonds is 4. The molecule has 14 heavy (non-hydrogen) atoms. The van der Waals surface area contributed by atoms with Crippen molar-refractivity contribution in [2.45, 2.75) is 19.8 Å². The minimum Gasteiger partial charge on any atom is -0.461 e. The van der Waals surface area contributed by atoms with Crippen molar-refractivity contribution < 1.29 is 9.53 Å². The predicted octanol–water partition coefficient (Wildman–Crippen LogP) is 0.959. The van der Waals surface area contributed by atoms with E-state index in [9.17, 15) is 4.79 Å². The molecular weight excluding hydrogens is 182 g/mol. The second kappa shape index (κ2) is 4.64. The molecule has 0 saturated heterocycles. The number of aromatic nitrogens is 2. The molecule has 0 spiro atoms. The lowest BCUT2D eigenvalue weighted by Crippen LogP contribution is -2.09. The number of anilines is 1. The maximum atomic E-state index is 11.4. The minimum atomic E-state index is -0.448. The molecule has 2 N–H and O–H groups in total. The van der Waals surface area contributed by atoms with Crippen molar-refractivity contribution in [2.24, 2.45) is 7.05 Å². The van der Waals surface area contributed by atoms with Gasteiger partial charge in [-0.25, -0.2) is 4.79 Å². The molecule has 0 atom stereocenters. The van der Waals surface area contributed by atoms with E-state index in [1.165, 1.54) is 4.68 Å². The molecule has 0 bridgehead atoms. The first-order chi connectivity index (χ1) is 6.65. The molecule has 0 fully saturated rings. The number of nitrogens with zero attached hydrogens (tertiary/aromatic N) is 2. The van der Waals surface area contributed by atoms with Crippen LogP contribution in [0.5, 0.6) is 0 Å². The van der Waals surface area contributed by atoms with Crippen molar-refractivity contribution in [1.29, 1.82) is 0 Å². The SMILES string of the molecule is CCCCOC(=O)c1nn(C)cc1N. The van der Waals surface area contributed by atoms with Crippen molar-refractivity contribution in [2.75, 3.05) is 12.3 Å². The first kappa shape index (κ1) is 10.6. The van der Waals surface area contributed by atoms with Crippen LogP contribution in [0.15, 0.2) is 6.20 Å². The quantitative estimate of drug-likeness (QED) is 0.576. The molecule has 5 nitrogen and oxygen atoms in total. The molecule has 0 aliphatic heterocycles. The normalized spacial score (nSPS) is 10.1. The van der Waals surface area contributed by atoms with Gasteiger partial charge in [0, 0.05) is 13.2 Å². The Hall–Kier alpha value is -1.52. The van der Waals surface area contributed by atoms with Gasteiger partial charge in [-0.05, 0) is 6.42 Å². The zero-order valence-electron chi connectivity index (χ0n) is 8.49. The van der Waals surface area contributed by atoms with E-state index in [1.807, 2.05) is 6.92 Å². The van der Waals surface area contributed by atoms with E-state index in [-0.39, 0.29) is 5.69 Å². The van der Waals surface area contributed by atoms with Crippen LogP contribution in [-0.4, -0.2) is 22.4 Å². The van der Waals surface area contributed by atoms with E-state index in [2.05, 4.69) is 5.10 Å². The van der Waals surface area contributed by atoms with Crippen molar-refractivity contribution in [3.63, 3.8) is 0 Å². The fourth-order valence-electron chi connectivity index (χ4n) is 1.04. The third-order valence-electron chi connectivity index (χ3n) is 1.78. The minimum absolute atomic E-state index is 0.198. The van der Waals surface area contributed by atoms with E-state index in [1.54, 1.807) is 13.2 Å². The maximum absolute atomic E-state index is 11.4. The summed E-state index contributed by atoms with van der Waals surface area (Å²) in [6, 6.07) is 0. The van der Waals surface area contributed by atoms with Gasteiger partial charge in [0.05, 0.1) is 12.3 Å². The molecule has 1 heterocycles. The fraction of sp³-hybridized carbons (Fsp3) is 0.556. The van der Waals surface area contributed by atoms with Crippen LogP contribution in [0.2, 0.25) is 0 Å². The van der Waals surface area contributed by atoms with Gasteiger partial charge in [-0.3, -0.25) is 4.68 Å². The summed E-state index contributed by atoms with van der Waals surface area (Å²) in [7, 11) is 1.71. The van der Waals surface area contributed by atoms with Gasteiger partial charge in [0.2, 0.25) is 0 Å². The lowest BCUT2D eigenvalue weighted by atomic mass is 10.3. The third-order valence-corrected chi connectivity index (χ3v) is 1.78. The molecule has 0 aromatic carbocycles. The van der Waals surface area contributed by atoms with E-state index in [4.69, 9.17) is 10.5 Å². The molecule has 0 aliphatic carbocycles. The van der Waals surface area contributed by atoms with Crippen LogP contribution in [-0.2, 0) is 11.8 Å². The number of carbonyl (C=O) groups excluding carboxylic acids is 1. The number of aryl methyl sites for hydroxylation is 1. The van der Waals surface area contributed by atoms with Crippen molar-refractivity contribution in [3.05, 3.63) is 11.9 Å². The lowest BCUT2D eigenvalue weighted by molar-refractivity contribution is 0.0493. The maximum Gasteiger partial charge on any atom is 0.361 e. The highest BCUT2D eigenvalue weighted by Gasteiger charge is 2.14. The van der Waals surface area contributed by atoms with Crippen LogP contribution in [0.4, 0.5) is 5.69 Å². The molecule has 0 aliphatic rings. The molecule has 0 radical (unpaired) electrons. The van der Waals surface area contributed by atoms with Crippen molar-refractivity contribution in [1.82, 2.24) is 9.78 Å². The molecule has 1 rings (SSSR count). The molecule has 0 amide bonds. The summed E-state index contributed by atoms with van der Waals surface area (Å²) in [5.41, 5.74) is 6.12. The topological polar surface area (TPSA) is 70.1 Å². The summed E-state index contributed by atoms with van der Waals surface area (Å²) in [6.45, 7) is 2.45. The van der Waals surface area contributed by atoms with Gasteiger partial charge in [-0.1, -0.05) is 13.3 Å². The number of hydrogen-bond donors (Lipinski definition) is 1. The molecule has 0 unspecified atom stereocenters. The second-order valence-electron chi connectivity index (χ2n) is 3.10. The van der Waals surface area contributed by atoms with E-state index in [0.717, 1.165) is 12.8 Å². The van der Waals surface area contributed by atoms with Gasteiger partial charge in [0.25, 0.3) is 0 Å². The summed E-state index contributed by atoms with van der Waals surface area (Å²) in [6.07, 6.45) is 3.43. The number of esters is 1. The van der Waals surface area contributed by atoms with Crippen LogP contribution in [0.25, 0.3) is 0 Å². The van der Waals surface area contributed by atoms with Crippen LogP contribution < -0.4 is 5.73 Å². The molecule has 1 aromatic heterocycles. The predicted molar refractivity (Wildman–Crippen MR) is 52.8 cm³/mol. The van der Waals surface area contributed by atoms with Crippen LogP contribution in [0.1, 0.15) is 30.3 Å². The summed E-state index contributed by atoms with van der Waals surface area (Å²) >= 11 is 0. The fourth-order valence-corrected chi connectivity index (χ4v) is 1.04. The zero-order chi connectivity index (χ0) is 10.6. The molecule has 78 valence electrons. The third kappa shape index (κ3) is 2.48. The standard InChI is InChI=1S/C9H15N3O2/c1-3-4-5-14-9(13)8-7(10)6-12(2)11-8/h6H,3-5,10H2,1-2H3. The number of hydrogen-bond acceptors (Lipinski definition) is 4. The Bertz CT molecular complexity index is 320. The van der Waals surface area contributed by atoms with Gasteiger partial charge in [0.15, 0.2) is 5.69 Å². The average Bonchev–Trinajstić information content (AvgIpc) is 2.45. The number of ether oxygens (including phenoxy) is 1. The van der Waals surface area contributed by atoms with Gasteiger partial charge in [-0.2, -0.15) is 5.10 Å². The first-order valence-electron chi connectivity index (χ1n) is 4.61. The molecule has 0 saturated carbocycles. The Morgan fingerprint density at radius 2 is 2.43 bits per heavy atom. The van der Waals surface area contributed by atoms with Gasteiger partial charge in [0.1, 0.15) is 0 Å². The van der Waals surface area contributed by atoms with Crippen molar-refractivity contribution >= 4 is 11.7 Å². The molecule has 5 heteroatoms. The van der Waals surface area contributed by atoms with Gasteiger partial charge < -0.3 is 10.5 Å². The molecular formula is C9H15N3O2. The van der Waals surface area contributed by atoms with Crippen LogP contribution in [0.3, 0.4) is 0 Å². The van der Waals surface area contributed by atoms with Gasteiger partial charge >= 0.3 is 5.97 Å². The van der Waals surface area contributed by atoms with Gasteiger partial charge in [-0.15, -0.1) is 0 Å². The lowest BCUT2D eigenvalue weighted by Gasteiger charge is -2.01. The Labute approximate surface area is 82.8 Å². The Morgan fingerprint density at radius 1 is 1.71 bits per heavy atom. The van der Waals surface area contributed by atoms with Crippen molar-refractivity contribution in [3.8, 4) is 0 Å². The highest BCUT2D eigenvalue weighted by atomic mass is 16.5. The molecule has 1 aromatic rings. The van der Waals surface area contributed by atoms with Crippen LogP contribution in [0, 0.1) is 0 Å².